The summed E-state index contributed by atoms with van der Waals surface area (Å²) in [5.41, 5.74) is 4.46. The molecule has 5 heteroatoms. The highest BCUT2D eigenvalue weighted by Crippen LogP contribution is 2.46. The number of allylic oxidation sites excluding steroid dienone is 2. The van der Waals surface area contributed by atoms with Crippen molar-refractivity contribution in [3.63, 3.8) is 0 Å². The smallest absolute Gasteiger partial charge is 0.335 e. The van der Waals surface area contributed by atoms with Gasteiger partial charge in [-0.3, -0.25) is 4.79 Å². The van der Waals surface area contributed by atoms with Gasteiger partial charge in [-0.2, -0.15) is 0 Å². The first-order valence-corrected chi connectivity index (χ1v) is 10.3. The van der Waals surface area contributed by atoms with Gasteiger partial charge in [0.05, 0.1) is 10.8 Å². The first-order chi connectivity index (χ1) is 13.2. The number of thioether (sulfide) groups is 1. The zero-order valence-corrected chi connectivity index (χ0v) is 17.4. The van der Waals surface area contributed by atoms with E-state index in [9.17, 15) is 9.59 Å². The van der Waals surface area contributed by atoms with E-state index in [2.05, 4.69) is 30.9 Å². The van der Waals surface area contributed by atoms with Crippen LogP contribution in [0.3, 0.4) is 0 Å². The molecule has 28 heavy (non-hydrogen) atoms. The van der Waals surface area contributed by atoms with Crippen LogP contribution in [-0.2, 0) is 16.0 Å². The zero-order chi connectivity index (χ0) is 20.5. The molecule has 4 nitrogen and oxygen atoms in total. The van der Waals surface area contributed by atoms with Crippen LogP contribution in [0.2, 0.25) is 0 Å². The maximum Gasteiger partial charge on any atom is 0.335 e. The van der Waals surface area contributed by atoms with Crippen molar-refractivity contribution in [3.8, 4) is 0 Å². The van der Waals surface area contributed by atoms with Crippen LogP contribution < -0.4 is 4.90 Å². The minimum Gasteiger partial charge on any atom is -0.478 e. The number of fused-ring (bicyclic) bond motifs is 1. The van der Waals surface area contributed by atoms with Crippen molar-refractivity contribution in [2.24, 2.45) is 0 Å². The van der Waals surface area contributed by atoms with Crippen LogP contribution in [0.5, 0.6) is 0 Å². The Labute approximate surface area is 170 Å². The molecule has 1 unspecified atom stereocenters. The summed E-state index contributed by atoms with van der Waals surface area (Å²) >= 11 is 1.56. The highest BCUT2D eigenvalue weighted by Gasteiger charge is 2.38. The molecule has 0 radical (unpaired) electrons. The van der Waals surface area contributed by atoms with Gasteiger partial charge in [-0.25, -0.2) is 4.79 Å². The molecule has 1 aliphatic heterocycles. The minimum atomic E-state index is -0.932. The first-order valence-electron chi connectivity index (χ1n) is 9.25. The molecular formula is C23H25NO3S. The summed E-state index contributed by atoms with van der Waals surface area (Å²) < 4.78 is 0. The summed E-state index contributed by atoms with van der Waals surface area (Å²) in [7, 11) is 2.01. The van der Waals surface area contributed by atoms with Crippen molar-refractivity contribution >= 4 is 29.2 Å². The second-order valence-electron chi connectivity index (χ2n) is 7.59. The maximum absolute atomic E-state index is 12.8. The largest absolute Gasteiger partial charge is 0.478 e. The molecule has 2 aromatic carbocycles. The number of carboxylic acid groups (broad SMARTS) is 1. The van der Waals surface area contributed by atoms with Gasteiger partial charge >= 0.3 is 5.97 Å². The van der Waals surface area contributed by atoms with Gasteiger partial charge in [0.2, 0.25) is 0 Å². The molecule has 0 aliphatic carbocycles. The lowest BCUT2D eigenvalue weighted by molar-refractivity contribution is -0.114. The Bertz CT molecular complexity index is 931. The molecule has 1 aliphatic rings. The van der Waals surface area contributed by atoms with Crippen LogP contribution in [0.1, 0.15) is 42.3 Å². The quantitative estimate of drug-likeness (QED) is 0.706. The molecule has 0 amide bonds. The molecule has 146 valence electrons. The second-order valence-corrected chi connectivity index (χ2v) is 8.92. The van der Waals surface area contributed by atoms with E-state index in [1.165, 1.54) is 5.56 Å². The molecule has 1 atom stereocenters. The molecule has 1 N–H and O–H groups in total. The first kappa shape index (κ1) is 20.2. The van der Waals surface area contributed by atoms with E-state index in [0.29, 0.717) is 5.75 Å². The SMILES string of the molecule is CC(SCc1ccc(C(=O)O)cc1)C(=O)/C=C1/N(C)c2ccccc2C1(C)C. The fourth-order valence-electron chi connectivity index (χ4n) is 3.56. The van der Waals surface area contributed by atoms with Crippen molar-refractivity contribution in [2.45, 2.75) is 37.2 Å². The van der Waals surface area contributed by atoms with Crippen LogP contribution in [0.4, 0.5) is 5.69 Å². The molecule has 0 fully saturated rings. The predicted octanol–water partition coefficient (Wildman–Crippen LogP) is 4.89. The van der Waals surface area contributed by atoms with E-state index in [1.54, 1.807) is 42.1 Å². The second kappa shape index (κ2) is 7.84. The number of para-hydroxylation sites is 1. The Hall–Kier alpha value is -2.53. The van der Waals surface area contributed by atoms with Gasteiger partial charge in [-0.1, -0.05) is 44.2 Å². The van der Waals surface area contributed by atoms with E-state index >= 15 is 0 Å². The summed E-state index contributed by atoms with van der Waals surface area (Å²) in [6.45, 7) is 6.22. The fraction of sp³-hybridized carbons (Fsp3) is 0.304. The number of hydrogen-bond donors (Lipinski definition) is 1. The predicted molar refractivity (Wildman–Crippen MR) is 115 cm³/mol. The number of carbonyl (C=O) groups is 2. The Morgan fingerprint density at radius 3 is 2.39 bits per heavy atom. The highest BCUT2D eigenvalue weighted by atomic mass is 32.2. The minimum absolute atomic E-state index is 0.0925. The van der Waals surface area contributed by atoms with E-state index in [1.807, 2.05) is 26.1 Å². The van der Waals surface area contributed by atoms with E-state index in [0.717, 1.165) is 16.9 Å². The third kappa shape index (κ3) is 3.85. The van der Waals surface area contributed by atoms with Gasteiger partial charge in [0, 0.05) is 35.7 Å². The van der Waals surface area contributed by atoms with Crippen molar-refractivity contribution in [3.05, 3.63) is 77.0 Å². The summed E-state index contributed by atoms with van der Waals surface area (Å²) in [6.07, 6.45) is 1.78. The van der Waals surface area contributed by atoms with Crippen LogP contribution in [0.15, 0.2) is 60.3 Å². The number of rotatable bonds is 6. The number of carboxylic acids is 1. The third-order valence-corrected chi connectivity index (χ3v) is 6.55. The van der Waals surface area contributed by atoms with E-state index < -0.39 is 5.97 Å². The van der Waals surface area contributed by atoms with Crippen molar-refractivity contribution in [1.29, 1.82) is 0 Å². The molecule has 2 aromatic rings. The van der Waals surface area contributed by atoms with E-state index in [-0.39, 0.29) is 22.0 Å². The Balaban J connectivity index is 1.69. The highest BCUT2D eigenvalue weighted by molar-refractivity contribution is 7.99. The molecule has 0 saturated heterocycles. The molecule has 3 rings (SSSR count). The third-order valence-electron chi connectivity index (χ3n) is 5.32. The molecule has 0 bridgehead atoms. The number of hydrogen-bond acceptors (Lipinski definition) is 4. The lowest BCUT2D eigenvalue weighted by Crippen LogP contribution is -2.25. The lowest BCUT2D eigenvalue weighted by atomic mass is 9.83. The average molecular weight is 396 g/mol. The maximum atomic E-state index is 12.8. The number of carbonyl (C=O) groups excluding carboxylic acids is 1. The van der Waals surface area contributed by atoms with Crippen LogP contribution in [0.25, 0.3) is 0 Å². The van der Waals surface area contributed by atoms with Gasteiger partial charge in [0.15, 0.2) is 5.78 Å². The summed E-state index contributed by atoms with van der Waals surface area (Å²) in [5.74, 6) is -0.177. The van der Waals surface area contributed by atoms with Gasteiger partial charge in [-0.15, -0.1) is 11.8 Å². The number of benzene rings is 2. The lowest BCUT2D eigenvalue weighted by Gasteiger charge is -2.24. The average Bonchev–Trinajstić information content (AvgIpc) is 2.87. The topological polar surface area (TPSA) is 57.6 Å². The Kier molecular flexibility index (Phi) is 5.66. The zero-order valence-electron chi connectivity index (χ0n) is 16.6. The number of ketones is 1. The number of nitrogens with zero attached hydrogens (tertiary/aromatic N) is 1. The molecule has 0 spiro atoms. The number of anilines is 1. The van der Waals surface area contributed by atoms with Crippen molar-refractivity contribution < 1.29 is 14.7 Å². The van der Waals surface area contributed by atoms with Crippen molar-refractivity contribution in [1.82, 2.24) is 0 Å². The summed E-state index contributed by atoms with van der Waals surface area (Å²) in [4.78, 5) is 25.9. The van der Waals surface area contributed by atoms with Crippen molar-refractivity contribution in [2.75, 3.05) is 11.9 Å². The Morgan fingerprint density at radius 2 is 1.79 bits per heavy atom. The molecular weight excluding hydrogens is 370 g/mol. The van der Waals surface area contributed by atoms with Crippen LogP contribution in [-0.4, -0.2) is 29.2 Å². The van der Waals surface area contributed by atoms with Crippen LogP contribution in [0, 0.1) is 0 Å². The normalized spacial score (nSPS) is 17.4. The fourth-order valence-corrected chi connectivity index (χ4v) is 4.43. The van der Waals surface area contributed by atoms with E-state index in [4.69, 9.17) is 5.11 Å². The van der Waals surface area contributed by atoms with Gasteiger partial charge < -0.3 is 10.0 Å². The summed E-state index contributed by atoms with van der Waals surface area (Å²) in [5, 5.41) is 8.79. The van der Waals surface area contributed by atoms with Gasteiger partial charge in [-0.05, 0) is 36.2 Å². The Morgan fingerprint density at radius 1 is 1.14 bits per heavy atom. The number of aromatic carboxylic acids is 1. The van der Waals surface area contributed by atoms with Gasteiger partial charge in [0.1, 0.15) is 0 Å². The number of likely N-dealkylation sites (N-methyl/N-ethyl adjacent to an activating group) is 1. The monoisotopic (exact) mass is 395 g/mol. The molecule has 0 aromatic heterocycles. The molecule has 1 heterocycles. The standard InChI is InChI=1S/C23H25NO3S/c1-15(28-14-16-9-11-17(12-10-16)22(26)27)20(25)13-21-23(2,3)18-7-5-6-8-19(18)24(21)4/h5-13,15H,14H2,1-4H3,(H,26,27)/b21-13+. The summed E-state index contributed by atoms with van der Waals surface area (Å²) in [6, 6.07) is 15.1. The molecule has 0 saturated carbocycles. The van der Waals surface area contributed by atoms with Crippen LogP contribution >= 0.6 is 11.8 Å². The van der Waals surface area contributed by atoms with Gasteiger partial charge in [0.25, 0.3) is 0 Å².